The molecule has 5 nitrogen and oxygen atoms in total. The van der Waals surface area contributed by atoms with E-state index in [-0.39, 0.29) is 0 Å². The Kier molecular flexibility index (Phi) is 8.15. The van der Waals surface area contributed by atoms with Gasteiger partial charge in [0, 0.05) is 6.61 Å². The third-order valence-electron chi connectivity index (χ3n) is 1.61. The van der Waals surface area contributed by atoms with Gasteiger partial charge in [0.25, 0.3) is 0 Å². The highest BCUT2D eigenvalue weighted by molar-refractivity contribution is 5.90. The number of esters is 1. The van der Waals surface area contributed by atoms with Crippen molar-refractivity contribution >= 4 is 11.9 Å². The first-order chi connectivity index (χ1) is 7.65. The second-order valence-electron chi connectivity index (χ2n) is 3.13. The average Bonchev–Trinajstić information content (AvgIpc) is 2.30. The van der Waals surface area contributed by atoms with Gasteiger partial charge < -0.3 is 14.8 Å². The van der Waals surface area contributed by atoms with E-state index < -0.39 is 18.1 Å². The van der Waals surface area contributed by atoms with E-state index in [1.165, 1.54) is 0 Å². The Balaban J connectivity index is 4.22. The molecule has 92 valence electrons. The maximum absolute atomic E-state index is 11.5. The quantitative estimate of drug-likeness (QED) is 0.383. The van der Waals surface area contributed by atoms with Crippen molar-refractivity contribution in [3.8, 4) is 0 Å². The van der Waals surface area contributed by atoms with Gasteiger partial charge in [-0.05, 0) is 18.9 Å². The zero-order chi connectivity index (χ0) is 12.4. The van der Waals surface area contributed by atoms with Gasteiger partial charge in [-0.15, -0.1) is 0 Å². The van der Waals surface area contributed by atoms with Crippen LogP contribution in [0.15, 0.2) is 12.7 Å². The topological polar surface area (TPSA) is 64.6 Å². The van der Waals surface area contributed by atoms with Gasteiger partial charge in [0.15, 0.2) is 0 Å². The molecule has 0 aliphatic heterocycles. The molecule has 0 heterocycles. The van der Waals surface area contributed by atoms with E-state index in [0.29, 0.717) is 13.2 Å². The Morgan fingerprint density at radius 3 is 2.44 bits per heavy atom. The number of hydrogen-bond acceptors (Lipinski definition) is 4. The zero-order valence-corrected chi connectivity index (χ0v) is 9.82. The van der Waals surface area contributed by atoms with E-state index in [1.54, 1.807) is 0 Å². The second kappa shape index (κ2) is 8.91. The second-order valence-corrected chi connectivity index (χ2v) is 3.13. The summed E-state index contributed by atoms with van der Waals surface area (Å²) in [6.07, 6.45) is 1.51. The van der Waals surface area contributed by atoms with Crippen molar-refractivity contribution in [3.63, 3.8) is 0 Å². The Bertz CT molecular complexity index is 240. The van der Waals surface area contributed by atoms with E-state index in [4.69, 9.17) is 9.47 Å². The van der Waals surface area contributed by atoms with Crippen LogP contribution in [0, 0.1) is 0 Å². The molecule has 0 radical (unpaired) electrons. The minimum Gasteiger partial charge on any atom is -0.462 e. The number of carbonyl (C=O) groups is 2. The number of ether oxygens (including phenoxy) is 2. The van der Waals surface area contributed by atoms with Crippen LogP contribution in [-0.4, -0.2) is 31.3 Å². The van der Waals surface area contributed by atoms with Crippen molar-refractivity contribution in [2.24, 2.45) is 0 Å². The summed E-state index contributed by atoms with van der Waals surface area (Å²) in [5, 5.41) is 2.36. The molecule has 0 bridgehead atoms. The highest BCUT2D eigenvalue weighted by Crippen LogP contribution is 1.95. The van der Waals surface area contributed by atoms with E-state index in [1.807, 2.05) is 13.8 Å². The Labute approximate surface area is 95.8 Å². The molecule has 0 aromatic carbocycles. The molecule has 0 spiro atoms. The largest absolute Gasteiger partial charge is 0.462 e. The van der Waals surface area contributed by atoms with Crippen molar-refractivity contribution in [1.29, 1.82) is 0 Å². The summed E-state index contributed by atoms with van der Waals surface area (Å²) >= 11 is 0. The first kappa shape index (κ1) is 14.6. The fourth-order valence-electron chi connectivity index (χ4n) is 0.871. The number of carbonyl (C=O) groups excluding carboxylic acids is 2. The van der Waals surface area contributed by atoms with Gasteiger partial charge >= 0.3 is 5.97 Å². The molecule has 0 saturated heterocycles. The predicted octanol–water partition coefficient (Wildman–Crippen LogP) is 0.994. The molecule has 1 N–H and O–H groups in total. The van der Waals surface area contributed by atoms with Crippen LogP contribution in [0.25, 0.3) is 0 Å². The number of hydrogen-bond donors (Lipinski definition) is 1. The average molecular weight is 229 g/mol. The first-order valence-electron chi connectivity index (χ1n) is 5.36. The van der Waals surface area contributed by atoms with Crippen LogP contribution in [0.5, 0.6) is 0 Å². The maximum atomic E-state index is 11.5. The molecule has 0 aliphatic rings. The molecule has 0 aliphatic carbocycles. The summed E-state index contributed by atoms with van der Waals surface area (Å²) < 4.78 is 10.1. The van der Waals surface area contributed by atoms with Crippen molar-refractivity contribution in [2.45, 2.75) is 32.9 Å². The van der Waals surface area contributed by atoms with Crippen molar-refractivity contribution in [3.05, 3.63) is 12.7 Å². The minimum atomic E-state index is -1.04. The van der Waals surface area contributed by atoms with Crippen LogP contribution in [0.1, 0.15) is 26.7 Å². The molecule has 0 fully saturated rings. The van der Waals surface area contributed by atoms with E-state index in [0.717, 1.165) is 18.9 Å². The molecule has 0 aromatic rings. The standard InChI is InChI=1S/C11H19NO4/c1-4-7-15-10(12-9(13)6-3)11(14)16-8-5-2/h6,10H,3-5,7-8H2,1-2H3,(H,12,13). The molecular weight excluding hydrogens is 210 g/mol. The van der Waals surface area contributed by atoms with Gasteiger partial charge in [-0.1, -0.05) is 20.4 Å². The molecular formula is C11H19NO4. The van der Waals surface area contributed by atoms with Crippen molar-refractivity contribution < 1.29 is 19.1 Å². The van der Waals surface area contributed by atoms with Crippen LogP contribution in [0.3, 0.4) is 0 Å². The predicted molar refractivity (Wildman–Crippen MR) is 59.6 cm³/mol. The fourth-order valence-corrected chi connectivity index (χ4v) is 0.871. The highest BCUT2D eigenvalue weighted by Gasteiger charge is 2.21. The van der Waals surface area contributed by atoms with Gasteiger partial charge in [0.2, 0.25) is 12.1 Å². The maximum Gasteiger partial charge on any atom is 0.356 e. The van der Waals surface area contributed by atoms with Crippen LogP contribution in [0.4, 0.5) is 0 Å². The molecule has 1 amide bonds. The third kappa shape index (κ3) is 6.19. The minimum absolute atomic E-state index is 0.314. The molecule has 16 heavy (non-hydrogen) atoms. The SMILES string of the molecule is C=CC(=O)NC(OCCC)C(=O)OCCC. The summed E-state index contributed by atoms with van der Waals surface area (Å²) in [6.45, 7) is 7.78. The van der Waals surface area contributed by atoms with Crippen molar-refractivity contribution in [1.82, 2.24) is 5.32 Å². The summed E-state index contributed by atoms with van der Waals surface area (Å²) in [4.78, 5) is 22.5. The number of amides is 1. The smallest absolute Gasteiger partial charge is 0.356 e. The molecule has 0 saturated carbocycles. The van der Waals surface area contributed by atoms with Gasteiger partial charge in [-0.2, -0.15) is 0 Å². The van der Waals surface area contributed by atoms with Gasteiger partial charge in [-0.25, -0.2) is 4.79 Å². The zero-order valence-electron chi connectivity index (χ0n) is 9.82. The Hall–Kier alpha value is -1.36. The number of rotatable bonds is 8. The summed E-state index contributed by atoms with van der Waals surface area (Å²) in [6, 6.07) is 0. The summed E-state index contributed by atoms with van der Waals surface area (Å²) in [7, 11) is 0. The lowest BCUT2D eigenvalue weighted by Crippen LogP contribution is -2.43. The van der Waals surface area contributed by atoms with E-state index in [2.05, 4.69) is 11.9 Å². The van der Waals surface area contributed by atoms with Gasteiger partial charge in [0.05, 0.1) is 6.61 Å². The van der Waals surface area contributed by atoms with Crippen LogP contribution in [0.2, 0.25) is 0 Å². The normalized spacial score (nSPS) is 11.6. The molecule has 1 unspecified atom stereocenters. The molecule has 0 rings (SSSR count). The Morgan fingerprint density at radius 2 is 1.94 bits per heavy atom. The summed E-state index contributed by atoms with van der Waals surface area (Å²) in [5.41, 5.74) is 0. The first-order valence-corrected chi connectivity index (χ1v) is 5.36. The monoisotopic (exact) mass is 229 g/mol. The molecule has 0 aromatic heterocycles. The van der Waals surface area contributed by atoms with Gasteiger partial charge in [-0.3, -0.25) is 4.79 Å². The highest BCUT2D eigenvalue weighted by atomic mass is 16.6. The lowest BCUT2D eigenvalue weighted by atomic mass is 10.4. The third-order valence-corrected chi connectivity index (χ3v) is 1.61. The lowest BCUT2D eigenvalue weighted by Gasteiger charge is -2.16. The van der Waals surface area contributed by atoms with Crippen LogP contribution < -0.4 is 5.32 Å². The van der Waals surface area contributed by atoms with Crippen LogP contribution >= 0.6 is 0 Å². The number of nitrogens with one attached hydrogen (secondary N) is 1. The van der Waals surface area contributed by atoms with E-state index in [9.17, 15) is 9.59 Å². The summed E-state index contributed by atoms with van der Waals surface area (Å²) in [5.74, 6) is -1.04. The molecule has 5 heteroatoms. The lowest BCUT2D eigenvalue weighted by molar-refractivity contribution is -0.161. The van der Waals surface area contributed by atoms with Crippen LogP contribution in [-0.2, 0) is 19.1 Å². The molecule has 1 atom stereocenters. The van der Waals surface area contributed by atoms with Gasteiger partial charge in [0.1, 0.15) is 0 Å². The Morgan fingerprint density at radius 1 is 1.31 bits per heavy atom. The fraction of sp³-hybridized carbons (Fsp3) is 0.636. The van der Waals surface area contributed by atoms with Crippen molar-refractivity contribution in [2.75, 3.05) is 13.2 Å². The van der Waals surface area contributed by atoms with E-state index >= 15 is 0 Å².